The molecule has 17 heavy (non-hydrogen) atoms. The molecule has 1 aromatic rings. The third-order valence-corrected chi connectivity index (χ3v) is 3.80. The molecule has 0 unspecified atom stereocenters. The molecule has 1 fully saturated rings. The van der Waals surface area contributed by atoms with Crippen molar-refractivity contribution in [2.24, 2.45) is 0 Å². The molecule has 1 aliphatic heterocycles. The quantitative estimate of drug-likeness (QED) is 0.816. The summed E-state index contributed by atoms with van der Waals surface area (Å²) in [6.07, 6.45) is 2.27. The molecule has 2 rings (SSSR count). The first-order chi connectivity index (χ1) is 8.18. The molecule has 2 N–H and O–H groups in total. The number of nitrogen functional groups attached to an aromatic ring is 1. The number of nitrogens with two attached hydrogens (primary N) is 1. The van der Waals surface area contributed by atoms with Crippen LogP contribution in [0.3, 0.4) is 0 Å². The van der Waals surface area contributed by atoms with Crippen LogP contribution in [0.5, 0.6) is 0 Å². The van der Waals surface area contributed by atoms with Crippen LogP contribution in [-0.4, -0.2) is 31.2 Å². The lowest BCUT2D eigenvalue weighted by Gasteiger charge is -2.35. The molecule has 0 saturated carbocycles. The Morgan fingerprint density at radius 2 is 1.82 bits per heavy atom. The van der Waals surface area contributed by atoms with Crippen LogP contribution in [0, 0.1) is 0 Å². The van der Waals surface area contributed by atoms with Crippen LogP contribution in [0.2, 0.25) is 0 Å². The van der Waals surface area contributed by atoms with Gasteiger partial charge in [-0.2, -0.15) is 0 Å². The number of rotatable bonds is 3. The minimum Gasteiger partial charge on any atom is -0.399 e. The van der Waals surface area contributed by atoms with Crippen molar-refractivity contribution in [3.05, 3.63) is 29.8 Å². The summed E-state index contributed by atoms with van der Waals surface area (Å²) < 4.78 is 5.41. The highest BCUT2D eigenvalue weighted by Gasteiger charge is 2.22. The maximum absolute atomic E-state index is 5.72. The monoisotopic (exact) mass is 234 g/mol. The number of nitrogens with zero attached hydrogens (tertiary/aromatic N) is 1. The Hall–Kier alpha value is -1.06. The number of benzene rings is 1. The highest BCUT2D eigenvalue weighted by molar-refractivity contribution is 5.40. The first kappa shape index (κ1) is 12.4. The van der Waals surface area contributed by atoms with Crippen LogP contribution in [0.15, 0.2) is 24.3 Å². The first-order valence-electron chi connectivity index (χ1n) is 6.33. The van der Waals surface area contributed by atoms with Crippen LogP contribution >= 0.6 is 0 Å². The van der Waals surface area contributed by atoms with Crippen molar-refractivity contribution in [1.29, 1.82) is 0 Å². The second-order valence-corrected chi connectivity index (χ2v) is 4.85. The van der Waals surface area contributed by atoms with E-state index >= 15 is 0 Å². The van der Waals surface area contributed by atoms with Gasteiger partial charge >= 0.3 is 0 Å². The summed E-state index contributed by atoms with van der Waals surface area (Å²) in [6.45, 7) is 4.04. The average Bonchev–Trinajstić information content (AvgIpc) is 2.39. The number of anilines is 1. The van der Waals surface area contributed by atoms with E-state index in [1.54, 1.807) is 0 Å². The summed E-state index contributed by atoms with van der Waals surface area (Å²) >= 11 is 0. The first-order valence-corrected chi connectivity index (χ1v) is 6.33. The second kappa shape index (κ2) is 5.52. The predicted molar refractivity (Wildman–Crippen MR) is 70.9 cm³/mol. The summed E-state index contributed by atoms with van der Waals surface area (Å²) in [7, 11) is 2.21. The lowest BCUT2D eigenvalue weighted by Crippen LogP contribution is -2.38. The molecule has 0 aromatic heterocycles. The molecular weight excluding hydrogens is 212 g/mol. The SMILES string of the molecule is C[C@H](c1ccc(N)cc1)N(C)C1CCOCC1. The fraction of sp³-hybridized carbons (Fsp3) is 0.571. The Morgan fingerprint density at radius 3 is 2.41 bits per heavy atom. The van der Waals surface area contributed by atoms with Gasteiger partial charge in [-0.15, -0.1) is 0 Å². The predicted octanol–water partition coefficient (Wildman–Crippen LogP) is 2.44. The minimum absolute atomic E-state index is 0.429. The van der Waals surface area contributed by atoms with E-state index in [2.05, 4.69) is 31.0 Å². The van der Waals surface area contributed by atoms with Crippen molar-refractivity contribution < 1.29 is 4.74 Å². The van der Waals surface area contributed by atoms with E-state index in [1.165, 1.54) is 5.56 Å². The van der Waals surface area contributed by atoms with E-state index in [4.69, 9.17) is 10.5 Å². The summed E-state index contributed by atoms with van der Waals surface area (Å²) in [5, 5.41) is 0. The Labute approximate surface area is 104 Å². The van der Waals surface area contributed by atoms with Crippen molar-refractivity contribution in [2.75, 3.05) is 26.0 Å². The van der Waals surface area contributed by atoms with Gasteiger partial charge in [0.25, 0.3) is 0 Å². The number of hydrogen-bond acceptors (Lipinski definition) is 3. The van der Waals surface area contributed by atoms with Crippen LogP contribution in [-0.2, 0) is 4.74 Å². The molecule has 1 aliphatic rings. The normalized spacial score (nSPS) is 19.5. The molecule has 1 atom stereocenters. The van der Waals surface area contributed by atoms with Crippen molar-refractivity contribution in [3.63, 3.8) is 0 Å². The number of ether oxygens (including phenoxy) is 1. The minimum atomic E-state index is 0.429. The summed E-state index contributed by atoms with van der Waals surface area (Å²) in [6, 6.07) is 9.26. The van der Waals surface area contributed by atoms with Crippen molar-refractivity contribution >= 4 is 5.69 Å². The molecule has 94 valence electrons. The summed E-state index contributed by atoms with van der Waals surface area (Å²) in [4.78, 5) is 2.45. The zero-order chi connectivity index (χ0) is 12.3. The van der Waals surface area contributed by atoms with Gasteiger partial charge in [-0.3, -0.25) is 4.90 Å². The van der Waals surface area contributed by atoms with Gasteiger partial charge in [-0.05, 0) is 44.5 Å². The molecule has 3 nitrogen and oxygen atoms in total. The van der Waals surface area contributed by atoms with Gasteiger partial charge in [0.2, 0.25) is 0 Å². The van der Waals surface area contributed by atoms with Gasteiger partial charge in [0.1, 0.15) is 0 Å². The molecule has 1 saturated heterocycles. The highest BCUT2D eigenvalue weighted by Crippen LogP contribution is 2.25. The maximum atomic E-state index is 5.72. The summed E-state index contributed by atoms with van der Waals surface area (Å²) in [5.74, 6) is 0. The van der Waals surface area contributed by atoms with Crippen LogP contribution in [0.4, 0.5) is 5.69 Å². The molecule has 0 radical (unpaired) electrons. The molecule has 1 aromatic carbocycles. The van der Waals surface area contributed by atoms with Gasteiger partial charge in [-0.1, -0.05) is 12.1 Å². The van der Waals surface area contributed by atoms with Crippen LogP contribution in [0.25, 0.3) is 0 Å². The maximum Gasteiger partial charge on any atom is 0.0480 e. The standard InChI is InChI=1S/C14H22N2O/c1-11(12-3-5-13(15)6-4-12)16(2)14-7-9-17-10-8-14/h3-6,11,14H,7-10,15H2,1-2H3/t11-/m1/s1. The molecule has 0 bridgehead atoms. The average molecular weight is 234 g/mol. The van der Waals surface area contributed by atoms with Crippen LogP contribution in [0.1, 0.15) is 31.4 Å². The van der Waals surface area contributed by atoms with E-state index in [9.17, 15) is 0 Å². The van der Waals surface area contributed by atoms with Gasteiger partial charge in [0.05, 0.1) is 0 Å². The Morgan fingerprint density at radius 1 is 1.24 bits per heavy atom. The molecule has 0 spiro atoms. The molecule has 1 heterocycles. The van der Waals surface area contributed by atoms with E-state index < -0.39 is 0 Å². The smallest absolute Gasteiger partial charge is 0.0480 e. The van der Waals surface area contributed by atoms with Crippen molar-refractivity contribution in [3.8, 4) is 0 Å². The fourth-order valence-electron chi connectivity index (χ4n) is 2.42. The zero-order valence-electron chi connectivity index (χ0n) is 10.7. The van der Waals surface area contributed by atoms with E-state index in [0.29, 0.717) is 12.1 Å². The van der Waals surface area contributed by atoms with Gasteiger partial charge < -0.3 is 10.5 Å². The third-order valence-electron chi connectivity index (χ3n) is 3.80. The third kappa shape index (κ3) is 2.99. The van der Waals surface area contributed by atoms with Crippen molar-refractivity contribution in [1.82, 2.24) is 4.90 Å². The molecule has 3 heteroatoms. The Kier molecular flexibility index (Phi) is 4.02. The van der Waals surface area contributed by atoms with E-state index in [0.717, 1.165) is 31.7 Å². The summed E-state index contributed by atoms with van der Waals surface area (Å²) in [5.41, 5.74) is 7.87. The van der Waals surface area contributed by atoms with Crippen molar-refractivity contribution in [2.45, 2.75) is 31.8 Å². The van der Waals surface area contributed by atoms with Gasteiger partial charge in [0, 0.05) is 31.0 Å². The topological polar surface area (TPSA) is 38.5 Å². The van der Waals surface area contributed by atoms with Crippen LogP contribution < -0.4 is 5.73 Å². The Bertz CT molecular complexity index is 344. The number of hydrogen-bond donors (Lipinski definition) is 1. The fourth-order valence-corrected chi connectivity index (χ4v) is 2.42. The molecule has 0 aliphatic carbocycles. The lowest BCUT2D eigenvalue weighted by molar-refractivity contribution is 0.0309. The molecular formula is C14H22N2O. The van der Waals surface area contributed by atoms with Gasteiger partial charge in [0.15, 0.2) is 0 Å². The largest absolute Gasteiger partial charge is 0.399 e. The highest BCUT2D eigenvalue weighted by atomic mass is 16.5. The van der Waals surface area contributed by atoms with Gasteiger partial charge in [-0.25, -0.2) is 0 Å². The molecule has 0 amide bonds. The lowest BCUT2D eigenvalue weighted by atomic mass is 10.0. The Balaban J connectivity index is 2.02. The second-order valence-electron chi connectivity index (χ2n) is 4.85. The van der Waals surface area contributed by atoms with E-state index in [-0.39, 0.29) is 0 Å². The van der Waals surface area contributed by atoms with E-state index in [1.807, 2.05) is 12.1 Å². The zero-order valence-corrected chi connectivity index (χ0v) is 10.7.